The van der Waals surface area contributed by atoms with Crippen molar-refractivity contribution in [3.8, 4) is 0 Å². The highest BCUT2D eigenvalue weighted by Crippen LogP contribution is 2.61. The van der Waals surface area contributed by atoms with Crippen molar-refractivity contribution in [2.24, 2.45) is 16.1 Å². The molecule has 124 valence electrons. The lowest BCUT2D eigenvalue weighted by Crippen LogP contribution is -2.46. The predicted molar refractivity (Wildman–Crippen MR) is 88.6 cm³/mol. The largest absolute Gasteiger partial charge is 0.379 e. The van der Waals surface area contributed by atoms with Crippen LogP contribution in [0.15, 0.2) is 29.3 Å². The SMILES string of the molecule is CCOC1CCC2(CC1)Cc1ccccc1C21N=C(N)N(C)O1. The van der Waals surface area contributed by atoms with E-state index in [0.717, 1.165) is 38.7 Å². The molecule has 2 aliphatic carbocycles. The van der Waals surface area contributed by atoms with E-state index in [1.165, 1.54) is 11.1 Å². The van der Waals surface area contributed by atoms with E-state index in [2.05, 4.69) is 31.2 Å². The number of hydrogen-bond donors (Lipinski definition) is 1. The average molecular weight is 315 g/mol. The Morgan fingerprint density at radius 3 is 2.74 bits per heavy atom. The quantitative estimate of drug-likeness (QED) is 0.911. The molecule has 1 heterocycles. The highest BCUT2D eigenvalue weighted by Gasteiger charge is 2.63. The zero-order chi connectivity index (χ0) is 16.1. The standard InChI is InChI=1S/C18H25N3O2/c1-3-22-14-8-10-17(11-9-14)12-13-6-4-5-7-15(13)18(17)20-16(19)21(2)23-18/h4-7,14H,3,8-12H2,1-2H3,(H2,19,20). The molecule has 1 aliphatic heterocycles. The number of nitrogens with zero attached hydrogens (tertiary/aromatic N) is 2. The number of hydrogen-bond acceptors (Lipinski definition) is 5. The summed E-state index contributed by atoms with van der Waals surface area (Å²) >= 11 is 0. The summed E-state index contributed by atoms with van der Waals surface area (Å²) in [7, 11) is 1.84. The molecular weight excluding hydrogens is 290 g/mol. The molecule has 23 heavy (non-hydrogen) atoms. The van der Waals surface area contributed by atoms with Crippen LogP contribution in [-0.4, -0.2) is 30.8 Å². The van der Waals surface area contributed by atoms with E-state index >= 15 is 0 Å². The van der Waals surface area contributed by atoms with Crippen LogP contribution < -0.4 is 5.73 Å². The zero-order valence-corrected chi connectivity index (χ0v) is 13.9. The van der Waals surface area contributed by atoms with Gasteiger partial charge in [-0.25, -0.2) is 14.9 Å². The molecule has 0 aromatic heterocycles. The van der Waals surface area contributed by atoms with Crippen LogP contribution in [0, 0.1) is 5.41 Å². The van der Waals surface area contributed by atoms with Crippen molar-refractivity contribution in [1.29, 1.82) is 0 Å². The van der Waals surface area contributed by atoms with Crippen molar-refractivity contribution < 1.29 is 9.57 Å². The molecule has 4 rings (SSSR count). The molecule has 0 radical (unpaired) electrons. The Kier molecular flexibility index (Phi) is 3.39. The summed E-state index contributed by atoms with van der Waals surface area (Å²) < 4.78 is 5.84. The van der Waals surface area contributed by atoms with E-state index in [1.807, 2.05) is 7.05 Å². The molecular formula is C18H25N3O2. The van der Waals surface area contributed by atoms with Gasteiger partial charge in [0.1, 0.15) is 0 Å². The number of guanidine groups is 1. The van der Waals surface area contributed by atoms with Gasteiger partial charge < -0.3 is 10.5 Å². The second kappa shape index (κ2) is 5.21. The van der Waals surface area contributed by atoms with Gasteiger partial charge in [-0.2, -0.15) is 0 Å². The Hall–Kier alpha value is -1.59. The van der Waals surface area contributed by atoms with E-state index in [0.29, 0.717) is 12.1 Å². The lowest BCUT2D eigenvalue weighted by Gasteiger charge is -2.45. The number of hydroxylamine groups is 2. The second-order valence-electron chi connectivity index (χ2n) is 6.97. The maximum absolute atomic E-state index is 6.30. The molecule has 3 aliphatic rings. The number of fused-ring (bicyclic) bond motifs is 3. The third-order valence-corrected chi connectivity index (χ3v) is 5.79. The lowest BCUT2D eigenvalue weighted by atomic mass is 9.66. The fraction of sp³-hybridized carbons (Fsp3) is 0.611. The van der Waals surface area contributed by atoms with Crippen LogP contribution >= 0.6 is 0 Å². The minimum Gasteiger partial charge on any atom is -0.379 e. The smallest absolute Gasteiger partial charge is 0.220 e. The van der Waals surface area contributed by atoms with Crippen LogP contribution in [0.4, 0.5) is 0 Å². The number of rotatable bonds is 2. The molecule has 0 saturated heterocycles. The van der Waals surface area contributed by atoms with Crippen LogP contribution in [0.25, 0.3) is 0 Å². The topological polar surface area (TPSA) is 60.1 Å². The first-order valence-corrected chi connectivity index (χ1v) is 8.58. The summed E-state index contributed by atoms with van der Waals surface area (Å²) in [6, 6.07) is 8.52. The molecule has 0 amide bonds. The first-order chi connectivity index (χ1) is 11.1. The Balaban J connectivity index is 1.74. The first-order valence-electron chi connectivity index (χ1n) is 8.58. The summed E-state index contributed by atoms with van der Waals surface area (Å²) in [5.74, 6) is 0.466. The van der Waals surface area contributed by atoms with Crippen molar-refractivity contribution in [3.05, 3.63) is 35.4 Å². The average Bonchev–Trinajstić information content (AvgIpc) is 2.99. The van der Waals surface area contributed by atoms with Crippen molar-refractivity contribution >= 4 is 5.96 Å². The van der Waals surface area contributed by atoms with E-state index in [1.54, 1.807) is 5.06 Å². The van der Waals surface area contributed by atoms with Crippen molar-refractivity contribution in [3.63, 3.8) is 0 Å². The summed E-state index contributed by atoms with van der Waals surface area (Å²) in [6.07, 6.45) is 5.60. The molecule has 5 heteroatoms. The maximum atomic E-state index is 6.30. The minimum absolute atomic E-state index is 0.0142. The molecule has 2 spiro atoms. The minimum atomic E-state index is -0.653. The number of benzene rings is 1. The Morgan fingerprint density at radius 2 is 2.09 bits per heavy atom. The third kappa shape index (κ3) is 2.03. The fourth-order valence-electron chi connectivity index (χ4n) is 4.66. The fourth-order valence-corrected chi connectivity index (χ4v) is 4.66. The number of ether oxygens (including phenoxy) is 1. The highest BCUT2D eigenvalue weighted by molar-refractivity contribution is 5.79. The van der Waals surface area contributed by atoms with Gasteiger partial charge in [-0.3, -0.25) is 0 Å². The van der Waals surface area contributed by atoms with Gasteiger partial charge in [0.25, 0.3) is 0 Å². The molecule has 0 bridgehead atoms. The molecule has 1 aromatic carbocycles. The molecule has 1 unspecified atom stereocenters. The number of nitrogens with two attached hydrogens (primary N) is 1. The van der Waals surface area contributed by atoms with Gasteiger partial charge in [-0.1, -0.05) is 24.3 Å². The molecule has 1 saturated carbocycles. The Morgan fingerprint density at radius 1 is 1.35 bits per heavy atom. The van der Waals surface area contributed by atoms with Crippen LogP contribution in [0.1, 0.15) is 43.7 Å². The van der Waals surface area contributed by atoms with E-state index in [-0.39, 0.29) is 5.41 Å². The molecule has 1 aromatic rings. The predicted octanol–water partition coefficient (Wildman–Crippen LogP) is 2.55. The van der Waals surface area contributed by atoms with Crippen LogP contribution in [0.2, 0.25) is 0 Å². The highest BCUT2D eigenvalue weighted by atomic mass is 16.7. The molecule has 1 atom stereocenters. The van der Waals surface area contributed by atoms with Crippen molar-refractivity contribution in [2.45, 2.75) is 50.9 Å². The van der Waals surface area contributed by atoms with E-state index in [4.69, 9.17) is 20.3 Å². The maximum Gasteiger partial charge on any atom is 0.220 e. The van der Waals surface area contributed by atoms with Crippen LogP contribution in [0.5, 0.6) is 0 Å². The van der Waals surface area contributed by atoms with Gasteiger partial charge in [0, 0.05) is 24.6 Å². The van der Waals surface area contributed by atoms with Crippen molar-refractivity contribution in [1.82, 2.24) is 5.06 Å². The van der Waals surface area contributed by atoms with E-state index in [9.17, 15) is 0 Å². The van der Waals surface area contributed by atoms with Gasteiger partial charge in [0.15, 0.2) is 0 Å². The zero-order valence-electron chi connectivity index (χ0n) is 13.9. The van der Waals surface area contributed by atoms with Gasteiger partial charge in [0.05, 0.1) is 6.10 Å². The molecule has 5 nitrogen and oxygen atoms in total. The van der Waals surface area contributed by atoms with Crippen LogP contribution in [-0.2, 0) is 21.7 Å². The normalized spacial score (nSPS) is 35.8. The summed E-state index contributed by atoms with van der Waals surface area (Å²) in [5, 5.41) is 1.62. The van der Waals surface area contributed by atoms with Crippen LogP contribution in [0.3, 0.4) is 0 Å². The van der Waals surface area contributed by atoms with E-state index < -0.39 is 5.72 Å². The Labute approximate surface area is 137 Å². The van der Waals surface area contributed by atoms with Crippen molar-refractivity contribution in [2.75, 3.05) is 13.7 Å². The lowest BCUT2D eigenvalue weighted by molar-refractivity contribution is -0.232. The van der Waals surface area contributed by atoms with Gasteiger partial charge in [0.2, 0.25) is 11.7 Å². The van der Waals surface area contributed by atoms with Gasteiger partial charge in [-0.15, -0.1) is 0 Å². The molecule has 1 fully saturated rings. The van der Waals surface area contributed by atoms with Gasteiger partial charge >= 0.3 is 0 Å². The molecule has 2 N–H and O–H groups in total. The Bertz CT molecular complexity index is 637. The number of aliphatic imine (C=N–C) groups is 1. The monoisotopic (exact) mass is 315 g/mol. The van der Waals surface area contributed by atoms with Gasteiger partial charge in [-0.05, 0) is 44.6 Å². The summed E-state index contributed by atoms with van der Waals surface area (Å²) in [5.41, 5.74) is 7.94. The second-order valence-corrected chi connectivity index (χ2v) is 6.97. The summed E-state index contributed by atoms with van der Waals surface area (Å²) in [6.45, 7) is 2.85. The third-order valence-electron chi connectivity index (χ3n) is 5.79. The summed E-state index contributed by atoms with van der Waals surface area (Å²) in [4.78, 5) is 11.1. The first kappa shape index (κ1) is 15.0.